The number of phenols is 2. The van der Waals surface area contributed by atoms with E-state index in [-0.39, 0.29) is 30.3 Å². The number of aliphatic hydroxyl groups is 1. The van der Waals surface area contributed by atoms with Gasteiger partial charge in [0.25, 0.3) is 0 Å². The van der Waals surface area contributed by atoms with Crippen molar-refractivity contribution < 1.29 is 24.9 Å². The molecule has 0 aromatic heterocycles. The summed E-state index contributed by atoms with van der Waals surface area (Å²) in [6.07, 6.45) is 1.28. The number of ether oxygens (including phenoxy) is 1. The second kappa shape index (κ2) is 5.97. The van der Waals surface area contributed by atoms with Crippen LogP contribution in [0.3, 0.4) is 0 Å². The summed E-state index contributed by atoms with van der Waals surface area (Å²) in [6.45, 7) is 0.0419. The molecule has 0 aliphatic carbocycles. The number of benzene rings is 1. The minimum atomic E-state index is -0.460. The zero-order valence-corrected chi connectivity index (χ0v) is 8.72. The highest BCUT2D eigenvalue weighted by atomic mass is 16.5. The van der Waals surface area contributed by atoms with Crippen LogP contribution in [0.2, 0.25) is 0 Å². The monoisotopic (exact) mass is 226 g/mol. The lowest BCUT2D eigenvalue weighted by molar-refractivity contribution is -0.134. The molecule has 0 spiro atoms. The Labute approximate surface area is 92.9 Å². The fourth-order valence-corrected chi connectivity index (χ4v) is 1.19. The minimum absolute atomic E-state index is 0.0419. The average Bonchev–Trinajstić information content (AvgIpc) is 2.16. The van der Waals surface area contributed by atoms with Crippen molar-refractivity contribution in [3.8, 4) is 17.2 Å². The average molecular weight is 226 g/mol. The third kappa shape index (κ3) is 4.18. The Balaban J connectivity index is 2.49. The normalized spacial score (nSPS) is 10.1. The zero-order chi connectivity index (χ0) is 12.0. The Morgan fingerprint density at radius 2 is 1.75 bits per heavy atom. The van der Waals surface area contributed by atoms with Crippen molar-refractivity contribution in [2.24, 2.45) is 0 Å². The van der Waals surface area contributed by atoms with Crippen LogP contribution < -0.4 is 4.74 Å². The van der Waals surface area contributed by atoms with E-state index in [1.807, 2.05) is 0 Å². The van der Waals surface area contributed by atoms with Gasteiger partial charge in [0, 0.05) is 31.2 Å². The predicted molar refractivity (Wildman–Crippen MR) is 56.3 cm³/mol. The summed E-state index contributed by atoms with van der Waals surface area (Å²) in [6, 6.07) is 3.62. The largest absolute Gasteiger partial charge is 0.508 e. The number of rotatable bonds is 5. The summed E-state index contributed by atoms with van der Waals surface area (Å²) in [5.41, 5.74) is 0. The lowest BCUT2D eigenvalue weighted by Crippen LogP contribution is -2.07. The number of aromatic hydroxyl groups is 2. The highest BCUT2D eigenvalue weighted by Crippen LogP contribution is 2.25. The zero-order valence-electron chi connectivity index (χ0n) is 8.72. The van der Waals surface area contributed by atoms with Gasteiger partial charge in [-0.25, -0.2) is 0 Å². The maximum absolute atomic E-state index is 11.2. The maximum atomic E-state index is 11.2. The number of unbranched alkanes of at least 4 members (excludes halogenated alkanes) is 1. The molecule has 0 amide bonds. The minimum Gasteiger partial charge on any atom is -0.508 e. The Hall–Kier alpha value is -1.75. The van der Waals surface area contributed by atoms with E-state index in [2.05, 4.69) is 0 Å². The molecule has 0 saturated carbocycles. The quantitative estimate of drug-likeness (QED) is 0.398. The molecular formula is C11H14O5. The van der Waals surface area contributed by atoms with Gasteiger partial charge in [-0.2, -0.15) is 0 Å². The molecule has 0 fully saturated rings. The molecule has 0 aliphatic heterocycles. The van der Waals surface area contributed by atoms with Gasteiger partial charge < -0.3 is 20.1 Å². The second-order valence-electron chi connectivity index (χ2n) is 3.34. The van der Waals surface area contributed by atoms with Crippen molar-refractivity contribution in [1.82, 2.24) is 0 Å². The van der Waals surface area contributed by atoms with Gasteiger partial charge in [-0.15, -0.1) is 0 Å². The number of esters is 1. The molecule has 5 heteroatoms. The van der Waals surface area contributed by atoms with Gasteiger partial charge in [-0.3, -0.25) is 4.79 Å². The highest BCUT2D eigenvalue weighted by Gasteiger charge is 2.06. The number of aliphatic hydroxyl groups excluding tert-OH is 1. The van der Waals surface area contributed by atoms with E-state index in [4.69, 9.17) is 20.1 Å². The van der Waals surface area contributed by atoms with Crippen LogP contribution in [0.5, 0.6) is 17.2 Å². The molecule has 0 atom stereocenters. The van der Waals surface area contributed by atoms with Crippen molar-refractivity contribution in [1.29, 1.82) is 0 Å². The van der Waals surface area contributed by atoms with Crippen LogP contribution in [-0.2, 0) is 4.79 Å². The molecule has 0 bridgehead atoms. The highest BCUT2D eigenvalue weighted by molar-refractivity contribution is 5.72. The molecule has 0 aliphatic rings. The van der Waals surface area contributed by atoms with Crippen molar-refractivity contribution >= 4 is 5.97 Å². The van der Waals surface area contributed by atoms with E-state index >= 15 is 0 Å². The van der Waals surface area contributed by atoms with Crippen molar-refractivity contribution in [2.45, 2.75) is 19.3 Å². The molecule has 0 saturated heterocycles. The van der Waals surface area contributed by atoms with Crippen LogP contribution in [0, 0.1) is 0 Å². The molecule has 3 N–H and O–H groups in total. The van der Waals surface area contributed by atoms with Crippen molar-refractivity contribution in [2.75, 3.05) is 6.61 Å². The van der Waals surface area contributed by atoms with Crippen LogP contribution in [0.15, 0.2) is 18.2 Å². The molecule has 0 unspecified atom stereocenters. The maximum Gasteiger partial charge on any atom is 0.311 e. The standard InChI is InChI=1S/C11H14O5/c12-4-2-1-3-11(15)16-10-6-8(13)5-9(14)7-10/h5-7,12-14H,1-4H2. The van der Waals surface area contributed by atoms with Crippen LogP contribution >= 0.6 is 0 Å². The third-order valence-corrected chi connectivity index (χ3v) is 1.90. The van der Waals surface area contributed by atoms with Crippen LogP contribution in [0.4, 0.5) is 0 Å². The van der Waals surface area contributed by atoms with Crippen LogP contribution in [-0.4, -0.2) is 27.9 Å². The molecule has 16 heavy (non-hydrogen) atoms. The van der Waals surface area contributed by atoms with Gasteiger partial charge in [0.2, 0.25) is 0 Å². The van der Waals surface area contributed by atoms with Crippen molar-refractivity contribution in [3.05, 3.63) is 18.2 Å². The second-order valence-corrected chi connectivity index (χ2v) is 3.34. The first kappa shape index (κ1) is 12.3. The Bertz CT molecular complexity index is 341. The van der Waals surface area contributed by atoms with E-state index in [1.165, 1.54) is 12.1 Å². The van der Waals surface area contributed by atoms with Gasteiger partial charge in [0.05, 0.1) is 0 Å². The lowest BCUT2D eigenvalue weighted by Gasteiger charge is -2.05. The molecule has 1 aromatic rings. The summed E-state index contributed by atoms with van der Waals surface area (Å²) >= 11 is 0. The van der Waals surface area contributed by atoms with E-state index in [9.17, 15) is 4.79 Å². The first-order valence-corrected chi connectivity index (χ1v) is 4.96. The molecule has 5 nitrogen and oxygen atoms in total. The summed E-state index contributed by atoms with van der Waals surface area (Å²) in [5.74, 6) is -0.693. The number of phenolic OH excluding ortho intramolecular Hbond substituents is 2. The summed E-state index contributed by atoms with van der Waals surface area (Å²) in [4.78, 5) is 11.2. The van der Waals surface area contributed by atoms with Gasteiger partial charge in [-0.05, 0) is 12.8 Å². The summed E-state index contributed by atoms with van der Waals surface area (Å²) < 4.78 is 4.88. The van der Waals surface area contributed by atoms with E-state index in [0.717, 1.165) is 6.07 Å². The van der Waals surface area contributed by atoms with E-state index < -0.39 is 5.97 Å². The first-order chi connectivity index (χ1) is 7.61. The lowest BCUT2D eigenvalue weighted by atomic mass is 10.2. The summed E-state index contributed by atoms with van der Waals surface area (Å²) in [7, 11) is 0. The van der Waals surface area contributed by atoms with Crippen LogP contribution in [0.1, 0.15) is 19.3 Å². The van der Waals surface area contributed by atoms with Crippen LogP contribution in [0.25, 0.3) is 0 Å². The Morgan fingerprint density at radius 3 is 2.31 bits per heavy atom. The molecule has 0 radical (unpaired) electrons. The topological polar surface area (TPSA) is 87.0 Å². The SMILES string of the molecule is O=C(CCCCO)Oc1cc(O)cc(O)c1. The summed E-state index contributed by atoms with van der Waals surface area (Å²) in [5, 5.41) is 26.8. The van der Waals surface area contributed by atoms with E-state index in [0.29, 0.717) is 12.8 Å². The molecule has 1 aromatic carbocycles. The number of hydrogen-bond acceptors (Lipinski definition) is 5. The molecule has 0 heterocycles. The number of hydrogen-bond donors (Lipinski definition) is 3. The van der Waals surface area contributed by atoms with E-state index in [1.54, 1.807) is 0 Å². The first-order valence-electron chi connectivity index (χ1n) is 4.96. The Kier molecular flexibility index (Phi) is 4.60. The van der Waals surface area contributed by atoms with Gasteiger partial charge >= 0.3 is 5.97 Å². The fourth-order valence-electron chi connectivity index (χ4n) is 1.19. The molecule has 1 rings (SSSR count). The fraction of sp³-hybridized carbons (Fsp3) is 0.364. The predicted octanol–water partition coefficient (Wildman–Crippen LogP) is 1.17. The third-order valence-electron chi connectivity index (χ3n) is 1.90. The smallest absolute Gasteiger partial charge is 0.311 e. The van der Waals surface area contributed by atoms with Gasteiger partial charge in [0.15, 0.2) is 0 Å². The van der Waals surface area contributed by atoms with Gasteiger partial charge in [-0.1, -0.05) is 0 Å². The molecule has 88 valence electrons. The van der Waals surface area contributed by atoms with Crippen molar-refractivity contribution in [3.63, 3.8) is 0 Å². The number of carbonyl (C=O) groups excluding carboxylic acids is 1. The van der Waals surface area contributed by atoms with Gasteiger partial charge in [0.1, 0.15) is 17.2 Å². The Morgan fingerprint density at radius 1 is 1.12 bits per heavy atom. The molecular weight excluding hydrogens is 212 g/mol. The number of carbonyl (C=O) groups is 1.